The van der Waals surface area contributed by atoms with Crippen LogP contribution in [-0.2, 0) is 14.3 Å². The summed E-state index contributed by atoms with van der Waals surface area (Å²) in [7, 11) is 0. The van der Waals surface area contributed by atoms with Gasteiger partial charge in [0.15, 0.2) is 5.16 Å². The minimum atomic E-state index is -0.268. The second-order valence-electron chi connectivity index (χ2n) is 5.59. The smallest absolute Gasteiger partial charge is 0.316 e. The summed E-state index contributed by atoms with van der Waals surface area (Å²) in [5, 5.41) is 0.603. The minimum Gasteiger partial charge on any atom is -0.458 e. The number of thioether (sulfide) groups is 2. The maximum atomic E-state index is 12.1. The van der Waals surface area contributed by atoms with Gasteiger partial charge in [0.1, 0.15) is 6.10 Å². The first-order chi connectivity index (χ1) is 12.0. The van der Waals surface area contributed by atoms with Crippen molar-refractivity contribution in [2.45, 2.75) is 44.9 Å². The Balaban J connectivity index is 2.44. The van der Waals surface area contributed by atoms with Crippen molar-refractivity contribution in [1.29, 1.82) is 0 Å². The summed E-state index contributed by atoms with van der Waals surface area (Å²) >= 11 is 3.09. The molecule has 0 aliphatic heterocycles. The molecule has 1 heterocycles. The second-order valence-corrected chi connectivity index (χ2v) is 7.68. The van der Waals surface area contributed by atoms with Gasteiger partial charge in [-0.25, -0.2) is 9.97 Å². The number of aromatic nitrogens is 2. The molecule has 0 spiro atoms. The molecule has 0 N–H and O–H groups in total. The number of ether oxygens (including phenoxy) is 2. The number of aryl methyl sites for hydroxylation is 2. The Morgan fingerprint density at radius 2 is 2.08 bits per heavy atom. The summed E-state index contributed by atoms with van der Waals surface area (Å²) in [6.07, 6.45) is 3.78. The normalized spacial score (nSPS) is 12.0. The van der Waals surface area contributed by atoms with Gasteiger partial charge in [-0.15, -0.1) is 6.58 Å². The second kappa shape index (κ2) is 13.2. The van der Waals surface area contributed by atoms with Gasteiger partial charge in [-0.3, -0.25) is 4.79 Å². The zero-order valence-electron chi connectivity index (χ0n) is 15.3. The molecule has 1 atom stereocenters. The molecule has 1 aromatic heterocycles. The molecule has 0 saturated heterocycles. The average Bonchev–Trinajstić information content (AvgIpc) is 2.56. The molecule has 25 heavy (non-hydrogen) atoms. The molecular weight excluding hydrogens is 356 g/mol. The van der Waals surface area contributed by atoms with E-state index in [9.17, 15) is 4.79 Å². The summed E-state index contributed by atoms with van der Waals surface area (Å²) in [6, 6.07) is 1.91. The summed E-state index contributed by atoms with van der Waals surface area (Å²) < 4.78 is 11.0. The number of nitrogens with zero attached hydrogens (tertiary/aromatic N) is 2. The lowest BCUT2D eigenvalue weighted by Crippen LogP contribution is -2.27. The highest BCUT2D eigenvalue weighted by Crippen LogP contribution is 2.16. The van der Waals surface area contributed by atoms with E-state index in [1.54, 1.807) is 17.8 Å². The summed E-state index contributed by atoms with van der Waals surface area (Å²) in [6.45, 7) is 10.5. The van der Waals surface area contributed by atoms with Gasteiger partial charge in [0.2, 0.25) is 0 Å². The van der Waals surface area contributed by atoms with Gasteiger partial charge < -0.3 is 9.47 Å². The van der Waals surface area contributed by atoms with Gasteiger partial charge in [0.05, 0.1) is 19.0 Å². The molecule has 7 heteroatoms. The maximum Gasteiger partial charge on any atom is 0.316 e. The first-order valence-electron chi connectivity index (χ1n) is 8.46. The maximum absolute atomic E-state index is 12.1. The number of unbranched alkanes of at least 4 members (excludes halogenated alkanes) is 1. The molecule has 140 valence electrons. The van der Waals surface area contributed by atoms with Crippen molar-refractivity contribution in [1.82, 2.24) is 9.97 Å². The average molecular weight is 385 g/mol. The van der Waals surface area contributed by atoms with Crippen LogP contribution in [0.15, 0.2) is 23.9 Å². The van der Waals surface area contributed by atoms with Crippen LogP contribution < -0.4 is 0 Å². The summed E-state index contributed by atoms with van der Waals surface area (Å²) in [5.74, 6) is 1.74. The lowest BCUT2D eigenvalue weighted by atomic mass is 10.4. The van der Waals surface area contributed by atoms with Gasteiger partial charge in [-0.05, 0) is 32.1 Å². The van der Waals surface area contributed by atoms with E-state index in [-0.39, 0.29) is 17.8 Å². The van der Waals surface area contributed by atoms with E-state index < -0.39 is 0 Å². The van der Waals surface area contributed by atoms with E-state index >= 15 is 0 Å². The Bertz CT molecular complexity index is 521. The van der Waals surface area contributed by atoms with Crippen molar-refractivity contribution < 1.29 is 14.3 Å². The standard InChI is InChI=1S/C18H28N2O3S2/c1-5-7-9-24-12-16(11-22-8-6-2)23-17(21)13-25-18-19-14(3)10-15(4)20-18/h6,10,16H,2,5,7-9,11-13H2,1,3-4H3. The summed E-state index contributed by atoms with van der Waals surface area (Å²) in [4.78, 5) is 20.8. The fraction of sp³-hybridized carbons (Fsp3) is 0.611. The number of esters is 1. The summed E-state index contributed by atoms with van der Waals surface area (Å²) in [5.41, 5.74) is 1.79. The molecule has 1 unspecified atom stereocenters. The van der Waals surface area contributed by atoms with Gasteiger partial charge in [-0.1, -0.05) is 31.2 Å². The van der Waals surface area contributed by atoms with Crippen LogP contribution in [0.2, 0.25) is 0 Å². The van der Waals surface area contributed by atoms with Gasteiger partial charge >= 0.3 is 5.97 Å². The fourth-order valence-corrected chi connectivity index (χ4v) is 3.78. The topological polar surface area (TPSA) is 61.3 Å². The van der Waals surface area contributed by atoms with Crippen LogP contribution in [0.5, 0.6) is 0 Å². The molecule has 0 bridgehead atoms. The molecule has 0 radical (unpaired) electrons. The van der Waals surface area contributed by atoms with E-state index in [1.807, 2.05) is 19.9 Å². The lowest BCUT2D eigenvalue weighted by Gasteiger charge is -2.17. The van der Waals surface area contributed by atoms with Crippen molar-refractivity contribution >= 4 is 29.5 Å². The molecule has 1 aromatic rings. The Morgan fingerprint density at radius 3 is 2.72 bits per heavy atom. The highest BCUT2D eigenvalue weighted by atomic mass is 32.2. The molecule has 0 aliphatic carbocycles. The van der Waals surface area contributed by atoms with Crippen molar-refractivity contribution in [3.05, 3.63) is 30.1 Å². The molecule has 0 saturated carbocycles. The third kappa shape index (κ3) is 10.5. The van der Waals surface area contributed by atoms with Crippen LogP contribution in [0.3, 0.4) is 0 Å². The van der Waals surface area contributed by atoms with Crippen molar-refractivity contribution in [3.63, 3.8) is 0 Å². The van der Waals surface area contributed by atoms with Crippen LogP contribution in [0.4, 0.5) is 0 Å². The van der Waals surface area contributed by atoms with E-state index in [1.165, 1.54) is 18.2 Å². The minimum absolute atomic E-state index is 0.195. The lowest BCUT2D eigenvalue weighted by molar-refractivity contribution is -0.147. The molecule has 0 fully saturated rings. The fourth-order valence-electron chi connectivity index (χ4n) is 1.96. The van der Waals surface area contributed by atoms with Gasteiger partial charge in [-0.2, -0.15) is 11.8 Å². The number of rotatable bonds is 13. The van der Waals surface area contributed by atoms with Gasteiger partial charge in [0, 0.05) is 17.1 Å². The SMILES string of the molecule is C=CCOCC(CSCCCC)OC(=O)CSc1nc(C)cc(C)n1. The molecular formula is C18H28N2O3S2. The Labute approximate surface area is 159 Å². The molecule has 1 rings (SSSR count). The van der Waals surface area contributed by atoms with E-state index in [0.29, 0.717) is 18.4 Å². The monoisotopic (exact) mass is 384 g/mol. The zero-order valence-corrected chi connectivity index (χ0v) is 17.0. The van der Waals surface area contributed by atoms with Crippen LogP contribution in [0, 0.1) is 13.8 Å². The van der Waals surface area contributed by atoms with E-state index in [0.717, 1.165) is 29.3 Å². The largest absolute Gasteiger partial charge is 0.458 e. The number of carbonyl (C=O) groups is 1. The van der Waals surface area contributed by atoms with E-state index in [4.69, 9.17) is 9.47 Å². The number of carbonyl (C=O) groups excluding carboxylic acids is 1. The molecule has 0 aliphatic rings. The Hall–Kier alpha value is -1.05. The van der Waals surface area contributed by atoms with Crippen LogP contribution in [-0.4, -0.2) is 52.5 Å². The highest BCUT2D eigenvalue weighted by Gasteiger charge is 2.16. The first-order valence-corrected chi connectivity index (χ1v) is 10.6. The third-order valence-corrected chi connectivity index (χ3v) is 5.07. The Morgan fingerprint density at radius 1 is 1.36 bits per heavy atom. The quantitative estimate of drug-likeness (QED) is 0.168. The highest BCUT2D eigenvalue weighted by molar-refractivity contribution is 7.99. The zero-order chi connectivity index (χ0) is 18.5. The number of hydrogen-bond donors (Lipinski definition) is 0. The predicted molar refractivity (Wildman–Crippen MR) is 105 cm³/mol. The van der Waals surface area contributed by atoms with Crippen LogP contribution >= 0.6 is 23.5 Å². The van der Waals surface area contributed by atoms with Crippen LogP contribution in [0.25, 0.3) is 0 Å². The van der Waals surface area contributed by atoms with Crippen molar-refractivity contribution in [2.75, 3.05) is 30.5 Å². The predicted octanol–water partition coefficient (Wildman–Crippen LogP) is 3.83. The van der Waals surface area contributed by atoms with E-state index in [2.05, 4.69) is 23.5 Å². The molecule has 5 nitrogen and oxygen atoms in total. The molecule has 0 aromatic carbocycles. The van der Waals surface area contributed by atoms with Gasteiger partial charge in [0.25, 0.3) is 0 Å². The van der Waals surface area contributed by atoms with Crippen LogP contribution in [0.1, 0.15) is 31.2 Å². The number of hydrogen-bond acceptors (Lipinski definition) is 7. The first kappa shape index (κ1) is 22.0. The van der Waals surface area contributed by atoms with Crippen molar-refractivity contribution in [2.24, 2.45) is 0 Å². The third-order valence-electron chi connectivity index (χ3n) is 3.06. The Kier molecular flexibility index (Phi) is 11.6. The van der Waals surface area contributed by atoms with Crippen molar-refractivity contribution in [3.8, 4) is 0 Å². The molecule has 0 amide bonds.